The molecule has 0 amide bonds. The van der Waals surface area contributed by atoms with E-state index in [1.165, 1.54) is 48.1 Å². The lowest BCUT2D eigenvalue weighted by atomic mass is 9.89. The fourth-order valence-electron chi connectivity index (χ4n) is 4.34. The van der Waals surface area contributed by atoms with E-state index < -0.39 is 0 Å². The van der Waals surface area contributed by atoms with Crippen LogP contribution in [0.5, 0.6) is 0 Å². The van der Waals surface area contributed by atoms with Gasteiger partial charge in [-0.2, -0.15) is 0 Å². The van der Waals surface area contributed by atoms with Gasteiger partial charge < -0.3 is 0 Å². The van der Waals surface area contributed by atoms with E-state index >= 15 is 0 Å². The molecule has 2 nitrogen and oxygen atoms in total. The second-order valence-corrected chi connectivity index (χ2v) is 7.77. The molecule has 142 valence electrons. The van der Waals surface area contributed by atoms with Gasteiger partial charge in [0.2, 0.25) is 0 Å². The lowest BCUT2D eigenvalue weighted by Crippen LogP contribution is -2.28. The SMILES string of the molecule is CCN1CC=C(c2cc(-c3ccc(F)cc3)c3c(n2)CCCCCC3)CC1. The molecule has 0 unspecified atom stereocenters. The number of fused-ring (bicyclic) bond motifs is 1. The summed E-state index contributed by atoms with van der Waals surface area (Å²) in [5.41, 5.74) is 7.53. The predicted molar refractivity (Wildman–Crippen MR) is 110 cm³/mol. The summed E-state index contributed by atoms with van der Waals surface area (Å²) in [6.07, 6.45) is 10.6. The van der Waals surface area contributed by atoms with Gasteiger partial charge in [-0.15, -0.1) is 0 Å². The largest absolute Gasteiger partial charge is 0.300 e. The third-order valence-electron chi connectivity index (χ3n) is 6.02. The van der Waals surface area contributed by atoms with Crippen molar-refractivity contribution in [2.45, 2.75) is 51.9 Å². The van der Waals surface area contributed by atoms with Crippen molar-refractivity contribution in [1.29, 1.82) is 0 Å². The molecule has 0 radical (unpaired) electrons. The standard InChI is InChI=1S/C24H29FN2/c1-2-27-15-13-19(14-16-27)24-17-22(18-9-11-20(25)12-10-18)21-7-5-3-4-6-8-23(21)26-24/h9-13,17H,2-8,14-16H2,1H3. The average Bonchev–Trinajstić information content (AvgIpc) is 2.69. The molecule has 2 aromatic rings. The van der Waals surface area contributed by atoms with Crippen molar-refractivity contribution in [3.05, 3.63) is 59.2 Å². The van der Waals surface area contributed by atoms with E-state index in [-0.39, 0.29) is 5.82 Å². The molecule has 1 aliphatic heterocycles. The maximum atomic E-state index is 13.5. The van der Waals surface area contributed by atoms with Gasteiger partial charge in [-0.1, -0.05) is 38.0 Å². The Morgan fingerprint density at radius 3 is 2.48 bits per heavy atom. The summed E-state index contributed by atoms with van der Waals surface area (Å²) in [5.74, 6) is -0.175. The molecule has 0 bridgehead atoms. The van der Waals surface area contributed by atoms with Gasteiger partial charge in [0.05, 0.1) is 5.69 Å². The second-order valence-electron chi connectivity index (χ2n) is 7.77. The monoisotopic (exact) mass is 364 g/mol. The highest BCUT2D eigenvalue weighted by atomic mass is 19.1. The highest BCUT2D eigenvalue weighted by molar-refractivity contribution is 5.74. The topological polar surface area (TPSA) is 16.1 Å². The van der Waals surface area contributed by atoms with Crippen molar-refractivity contribution in [1.82, 2.24) is 9.88 Å². The van der Waals surface area contributed by atoms with Crippen LogP contribution >= 0.6 is 0 Å². The lowest BCUT2D eigenvalue weighted by molar-refractivity contribution is 0.318. The van der Waals surface area contributed by atoms with E-state index in [0.717, 1.165) is 50.2 Å². The van der Waals surface area contributed by atoms with Crippen LogP contribution in [0.2, 0.25) is 0 Å². The zero-order chi connectivity index (χ0) is 18.6. The zero-order valence-corrected chi connectivity index (χ0v) is 16.3. The summed E-state index contributed by atoms with van der Waals surface area (Å²) >= 11 is 0. The number of likely N-dealkylation sites (N-methyl/N-ethyl adjacent to an activating group) is 1. The fraction of sp³-hybridized carbons (Fsp3) is 0.458. The molecule has 27 heavy (non-hydrogen) atoms. The third kappa shape index (κ3) is 4.14. The van der Waals surface area contributed by atoms with Crippen LogP contribution in [0.4, 0.5) is 4.39 Å². The lowest BCUT2D eigenvalue weighted by Gasteiger charge is -2.26. The summed E-state index contributed by atoms with van der Waals surface area (Å²) in [4.78, 5) is 7.59. The highest BCUT2D eigenvalue weighted by Gasteiger charge is 2.19. The van der Waals surface area contributed by atoms with E-state index in [1.807, 2.05) is 12.1 Å². The van der Waals surface area contributed by atoms with Crippen molar-refractivity contribution >= 4 is 5.57 Å². The Labute approximate surface area is 162 Å². The van der Waals surface area contributed by atoms with Crippen molar-refractivity contribution in [2.75, 3.05) is 19.6 Å². The van der Waals surface area contributed by atoms with E-state index in [0.29, 0.717) is 0 Å². The Balaban J connectivity index is 1.79. The minimum absolute atomic E-state index is 0.175. The first-order valence-electron chi connectivity index (χ1n) is 10.4. The first kappa shape index (κ1) is 18.4. The first-order valence-corrected chi connectivity index (χ1v) is 10.4. The van der Waals surface area contributed by atoms with Crippen molar-refractivity contribution in [2.24, 2.45) is 0 Å². The average molecular weight is 365 g/mol. The Kier molecular flexibility index (Phi) is 5.68. The van der Waals surface area contributed by atoms with Crippen molar-refractivity contribution in [3.8, 4) is 11.1 Å². The molecule has 1 aromatic heterocycles. The molecule has 0 saturated carbocycles. The molecule has 0 spiro atoms. The number of pyridine rings is 1. The van der Waals surface area contributed by atoms with Crippen LogP contribution in [0.1, 0.15) is 56.0 Å². The Bertz CT molecular complexity index is 823. The molecule has 0 atom stereocenters. The highest BCUT2D eigenvalue weighted by Crippen LogP contribution is 2.33. The zero-order valence-electron chi connectivity index (χ0n) is 16.3. The number of hydrogen-bond acceptors (Lipinski definition) is 2. The van der Waals surface area contributed by atoms with Gasteiger partial charge >= 0.3 is 0 Å². The van der Waals surface area contributed by atoms with Gasteiger partial charge in [-0.25, -0.2) is 4.39 Å². The van der Waals surface area contributed by atoms with Crippen LogP contribution in [-0.2, 0) is 12.8 Å². The van der Waals surface area contributed by atoms with Gasteiger partial charge in [0.1, 0.15) is 5.82 Å². The van der Waals surface area contributed by atoms with E-state index in [1.54, 1.807) is 12.1 Å². The van der Waals surface area contributed by atoms with Crippen LogP contribution in [0.15, 0.2) is 36.4 Å². The summed E-state index contributed by atoms with van der Waals surface area (Å²) < 4.78 is 13.5. The second kappa shape index (κ2) is 8.35. The molecule has 3 heteroatoms. The quantitative estimate of drug-likeness (QED) is 0.699. The summed E-state index contributed by atoms with van der Waals surface area (Å²) in [5, 5.41) is 0. The number of hydrogen-bond donors (Lipinski definition) is 0. The van der Waals surface area contributed by atoms with Gasteiger partial charge in [-0.05, 0) is 79.1 Å². The Morgan fingerprint density at radius 2 is 1.78 bits per heavy atom. The molecule has 0 fully saturated rings. The van der Waals surface area contributed by atoms with Crippen molar-refractivity contribution in [3.63, 3.8) is 0 Å². The minimum atomic E-state index is -0.175. The minimum Gasteiger partial charge on any atom is -0.300 e. The van der Waals surface area contributed by atoms with Gasteiger partial charge in [0.15, 0.2) is 0 Å². The van der Waals surface area contributed by atoms with Crippen LogP contribution in [0, 0.1) is 5.82 Å². The maximum absolute atomic E-state index is 13.5. The number of halogens is 1. The molecule has 1 aromatic carbocycles. The molecular weight excluding hydrogens is 335 g/mol. The summed E-state index contributed by atoms with van der Waals surface area (Å²) in [6, 6.07) is 9.25. The van der Waals surface area contributed by atoms with Gasteiger partial charge in [-0.3, -0.25) is 9.88 Å². The van der Waals surface area contributed by atoms with Gasteiger partial charge in [0.25, 0.3) is 0 Å². The Morgan fingerprint density at radius 1 is 1.00 bits per heavy atom. The first-order chi connectivity index (χ1) is 13.2. The number of aromatic nitrogens is 1. The van der Waals surface area contributed by atoms with E-state index in [9.17, 15) is 4.39 Å². The summed E-state index contributed by atoms with van der Waals surface area (Å²) in [6.45, 7) is 5.43. The molecule has 4 rings (SSSR count). The summed E-state index contributed by atoms with van der Waals surface area (Å²) in [7, 11) is 0. The van der Waals surface area contributed by atoms with Crippen molar-refractivity contribution < 1.29 is 4.39 Å². The molecule has 0 saturated heterocycles. The third-order valence-corrected chi connectivity index (χ3v) is 6.02. The number of aryl methyl sites for hydroxylation is 1. The normalized spacial score (nSPS) is 18.4. The maximum Gasteiger partial charge on any atom is 0.123 e. The fourth-order valence-corrected chi connectivity index (χ4v) is 4.34. The molecular formula is C24H29FN2. The number of benzene rings is 1. The van der Waals surface area contributed by atoms with Crippen LogP contribution in [-0.4, -0.2) is 29.5 Å². The van der Waals surface area contributed by atoms with E-state index in [4.69, 9.17) is 4.98 Å². The molecule has 2 aliphatic rings. The Hall–Kier alpha value is -2.00. The predicted octanol–water partition coefficient (Wildman–Crippen LogP) is 5.66. The molecule has 0 N–H and O–H groups in total. The van der Waals surface area contributed by atoms with Crippen LogP contribution in [0.25, 0.3) is 16.7 Å². The van der Waals surface area contributed by atoms with Gasteiger partial charge in [0, 0.05) is 18.8 Å². The smallest absolute Gasteiger partial charge is 0.123 e. The number of rotatable bonds is 3. The van der Waals surface area contributed by atoms with Crippen LogP contribution < -0.4 is 0 Å². The molecule has 2 heterocycles. The number of nitrogens with zero attached hydrogens (tertiary/aromatic N) is 2. The van der Waals surface area contributed by atoms with E-state index in [2.05, 4.69) is 24.0 Å². The molecule has 1 aliphatic carbocycles. The van der Waals surface area contributed by atoms with Crippen LogP contribution in [0.3, 0.4) is 0 Å².